The van der Waals surface area contributed by atoms with Crippen molar-refractivity contribution in [2.24, 2.45) is 0 Å². The van der Waals surface area contributed by atoms with Crippen molar-refractivity contribution < 1.29 is 0 Å². The Morgan fingerprint density at radius 3 is 3.06 bits per heavy atom. The highest BCUT2D eigenvalue weighted by Crippen LogP contribution is 2.22. The summed E-state index contributed by atoms with van der Waals surface area (Å²) in [5.41, 5.74) is 2.05. The molecule has 2 nitrogen and oxygen atoms in total. The van der Waals surface area contributed by atoms with E-state index in [1.165, 1.54) is 51.7 Å². The zero-order valence-corrected chi connectivity index (χ0v) is 10.9. The fourth-order valence-corrected chi connectivity index (χ4v) is 2.84. The Bertz CT molecular complexity index is 259. The van der Waals surface area contributed by atoms with E-state index in [0.717, 1.165) is 6.54 Å². The molecule has 1 saturated heterocycles. The first-order valence-corrected chi connectivity index (χ1v) is 6.87. The van der Waals surface area contributed by atoms with Crippen LogP contribution >= 0.6 is 0 Å². The van der Waals surface area contributed by atoms with E-state index in [9.17, 15) is 0 Å². The highest BCUT2D eigenvalue weighted by atomic mass is 15.2. The van der Waals surface area contributed by atoms with Crippen LogP contribution in [-0.2, 0) is 0 Å². The largest absolute Gasteiger partial charge is 0.309 e. The van der Waals surface area contributed by atoms with Gasteiger partial charge in [0.2, 0.25) is 0 Å². The quantitative estimate of drug-likeness (QED) is 0.735. The third-order valence-corrected chi connectivity index (χ3v) is 4.22. The van der Waals surface area contributed by atoms with Gasteiger partial charge in [0.05, 0.1) is 0 Å². The molecule has 2 aliphatic rings. The monoisotopic (exact) mass is 222 g/mol. The molecule has 0 amide bonds. The molecule has 1 aliphatic heterocycles. The van der Waals surface area contributed by atoms with Crippen LogP contribution in [0.3, 0.4) is 0 Å². The normalized spacial score (nSPS) is 31.8. The van der Waals surface area contributed by atoms with Crippen LogP contribution in [0.1, 0.15) is 46.0 Å². The average Bonchev–Trinajstić information content (AvgIpc) is 2.80. The molecule has 2 heteroatoms. The van der Waals surface area contributed by atoms with Gasteiger partial charge >= 0.3 is 0 Å². The van der Waals surface area contributed by atoms with Crippen molar-refractivity contribution >= 4 is 0 Å². The van der Waals surface area contributed by atoms with Gasteiger partial charge in [-0.15, -0.1) is 0 Å². The first kappa shape index (κ1) is 12.1. The second-order valence-electron chi connectivity index (χ2n) is 5.62. The van der Waals surface area contributed by atoms with Gasteiger partial charge < -0.3 is 5.32 Å². The van der Waals surface area contributed by atoms with E-state index >= 15 is 0 Å². The molecule has 0 bridgehead atoms. The molecule has 0 spiro atoms. The van der Waals surface area contributed by atoms with Crippen LogP contribution in [-0.4, -0.2) is 36.6 Å². The van der Waals surface area contributed by atoms with Crippen molar-refractivity contribution in [1.82, 2.24) is 10.2 Å². The number of rotatable bonds is 4. The molecular weight excluding hydrogens is 196 g/mol. The lowest BCUT2D eigenvalue weighted by Gasteiger charge is -2.41. The maximum Gasteiger partial charge on any atom is 0.0278 e. The van der Waals surface area contributed by atoms with Gasteiger partial charge in [0.15, 0.2) is 0 Å². The number of hydrogen-bond donors (Lipinski definition) is 1. The van der Waals surface area contributed by atoms with Gasteiger partial charge in [-0.2, -0.15) is 0 Å². The highest BCUT2D eigenvalue weighted by Gasteiger charge is 2.28. The molecule has 1 unspecified atom stereocenters. The number of nitrogens with zero attached hydrogens (tertiary/aromatic N) is 1. The Balaban J connectivity index is 1.76. The van der Waals surface area contributed by atoms with Crippen LogP contribution in [0.4, 0.5) is 0 Å². The summed E-state index contributed by atoms with van der Waals surface area (Å²) >= 11 is 0. The summed E-state index contributed by atoms with van der Waals surface area (Å²) in [5.74, 6) is 0. The van der Waals surface area contributed by atoms with E-state index < -0.39 is 0 Å². The van der Waals surface area contributed by atoms with E-state index in [1.807, 2.05) is 0 Å². The first-order valence-electron chi connectivity index (χ1n) is 6.87. The molecule has 92 valence electrons. The summed E-state index contributed by atoms with van der Waals surface area (Å²) < 4.78 is 0. The lowest BCUT2D eigenvalue weighted by molar-refractivity contribution is 0.141. The molecule has 0 radical (unpaired) electrons. The van der Waals surface area contributed by atoms with E-state index in [-0.39, 0.29) is 0 Å². The van der Waals surface area contributed by atoms with Gasteiger partial charge in [0.1, 0.15) is 0 Å². The summed E-state index contributed by atoms with van der Waals surface area (Å²) in [7, 11) is 0. The van der Waals surface area contributed by atoms with Crippen molar-refractivity contribution in [3.05, 3.63) is 11.6 Å². The zero-order chi connectivity index (χ0) is 11.4. The number of piperazine rings is 1. The summed E-state index contributed by atoms with van der Waals surface area (Å²) in [4.78, 5) is 2.64. The van der Waals surface area contributed by atoms with Gasteiger partial charge in [-0.05, 0) is 39.0 Å². The Labute approximate surface area is 100 Å². The van der Waals surface area contributed by atoms with E-state index in [4.69, 9.17) is 0 Å². The van der Waals surface area contributed by atoms with Crippen molar-refractivity contribution in [2.45, 2.75) is 51.5 Å². The number of allylic oxidation sites excluding steroid dienone is 1. The SMILES string of the molecule is CCC1(C)CN(CCC2=CCCC2)CCN1. The summed E-state index contributed by atoms with van der Waals surface area (Å²) in [6.45, 7) is 9.51. The van der Waals surface area contributed by atoms with Gasteiger partial charge in [-0.3, -0.25) is 4.90 Å². The van der Waals surface area contributed by atoms with Gasteiger partial charge in [0.25, 0.3) is 0 Å². The fourth-order valence-electron chi connectivity index (χ4n) is 2.84. The Hall–Kier alpha value is -0.340. The van der Waals surface area contributed by atoms with Gasteiger partial charge in [-0.25, -0.2) is 0 Å². The minimum atomic E-state index is 0.350. The number of nitrogens with one attached hydrogen (secondary N) is 1. The lowest BCUT2D eigenvalue weighted by atomic mass is 9.95. The Kier molecular flexibility index (Phi) is 4.04. The zero-order valence-electron chi connectivity index (χ0n) is 10.9. The molecule has 16 heavy (non-hydrogen) atoms. The van der Waals surface area contributed by atoms with Crippen LogP contribution < -0.4 is 5.32 Å². The van der Waals surface area contributed by atoms with E-state index in [0.29, 0.717) is 5.54 Å². The maximum atomic E-state index is 3.65. The molecule has 1 fully saturated rings. The van der Waals surface area contributed by atoms with Crippen molar-refractivity contribution in [3.8, 4) is 0 Å². The molecule has 1 heterocycles. The van der Waals surface area contributed by atoms with Crippen LogP contribution in [0, 0.1) is 0 Å². The first-order chi connectivity index (χ1) is 7.72. The minimum Gasteiger partial charge on any atom is -0.309 e. The fraction of sp³-hybridized carbons (Fsp3) is 0.857. The summed E-state index contributed by atoms with van der Waals surface area (Å²) in [6.07, 6.45) is 9.07. The smallest absolute Gasteiger partial charge is 0.0278 e. The Morgan fingerprint density at radius 2 is 2.38 bits per heavy atom. The van der Waals surface area contributed by atoms with Gasteiger partial charge in [0, 0.05) is 31.7 Å². The molecule has 2 rings (SSSR count). The predicted molar refractivity (Wildman–Crippen MR) is 69.7 cm³/mol. The third-order valence-electron chi connectivity index (χ3n) is 4.22. The second-order valence-corrected chi connectivity index (χ2v) is 5.62. The van der Waals surface area contributed by atoms with Crippen LogP contribution in [0.5, 0.6) is 0 Å². The molecule has 0 aromatic carbocycles. The molecule has 1 N–H and O–H groups in total. The third kappa shape index (κ3) is 3.08. The van der Waals surface area contributed by atoms with E-state index in [2.05, 4.69) is 30.1 Å². The topological polar surface area (TPSA) is 15.3 Å². The van der Waals surface area contributed by atoms with Crippen LogP contribution in [0.15, 0.2) is 11.6 Å². The molecule has 0 aromatic rings. The molecular formula is C14H26N2. The average molecular weight is 222 g/mol. The van der Waals surface area contributed by atoms with Crippen molar-refractivity contribution in [1.29, 1.82) is 0 Å². The lowest BCUT2D eigenvalue weighted by Crippen LogP contribution is -2.58. The second kappa shape index (κ2) is 5.33. The predicted octanol–water partition coefficient (Wildman–Crippen LogP) is 2.56. The molecule has 1 atom stereocenters. The molecule has 1 aliphatic carbocycles. The maximum absolute atomic E-state index is 3.65. The number of hydrogen-bond acceptors (Lipinski definition) is 2. The minimum absolute atomic E-state index is 0.350. The summed E-state index contributed by atoms with van der Waals surface area (Å²) in [5, 5.41) is 3.65. The molecule has 0 saturated carbocycles. The summed E-state index contributed by atoms with van der Waals surface area (Å²) in [6, 6.07) is 0. The van der Waals surface area contributed by atoms with Crippen LogP contribution in [0.25, 0.3) is 0 Å². The highest BCUT2D eigenvalue weighted by molar-refractivity contribution is 5.07. The van der Waals surface area contributed by atoms with E-state index in [1.54, 1.807) is 5.57 Å². The van der Waals surface area contributed by atoms with Crippen molar-refractivity contribution in [2.75, 3.05) is 26.2 Å². The van der Waals surface area contributed by atoms with Crippen molar-refractivity contribution in [3.63, 3.8) is 0 Å². The standard InChI is InChI=1S/C14H26N2/c1-3-14(2)12-16(11-9-15-14)10-8-13-6-4-5-7-13/h6,15H,3-5,7-12H2,1-2H3. The molecule has 0 aromatic heterocycles. The van der Waals surface area contributed by atoms with Crippen LogP contribution in [0.2, 0.25) is 0 Å². The Morgan fingerprint density at radius 1 is 1.50 bits per heavy atom. The van der Waals surface area contributed by atoms with Gasteiger partial charge in [-0.1, -0.05) is 18.6 Å².